The maximum atomic E-state index is 3.73. The SMILES string of the molecule is C[C@H]1CC[C@]2(C)c3[nH]c4ccccc4c3CCN2C1. The number of hydrogen-bond acceptors (Lipinski definition) is 1. The Balaban J connectivity index is 1.90. The van der Waals surface area contributed by atoms with Crippen LogP contribution in [0.3, 0.4) is 0 Å². The van der Waals surface area contributed by atoms with Gasteiger partial charge < -0.3 is 4.98 Å². The molecule has 3 heterocycles. The Morgan fingerprint density at radius 2 is 2.16 bits per heavy atom. The van der Waals surface area contributed by atoms with Gasteiger partial charge >= 0.3 is 0 Å². The first-order valence-corrected chi connectivity index (χ1v) is 7.53. The molecule has 2 aromatic rings. The zero-order chi connectivity index (χ0) is 13.0. The quantitative estimate of drug-likeness (QED) is 0.760. The molecule has 2 aliphatic rings. The Morgan fingerprint density at radius 3 is 3.05 bits per heavy atom. The number of hydrogen-bond donors (Lipinski definition) is 1. The van der Waals surface area contributed by atoms with Gasteiger partial charge in [0.2, 0.25) is 0 Å². The molecule has 1 aromatic heterocycles. The van der Waals surface area contributed by atoms with E-state index >= 15 is 0 Å². The van der Waals surface area contributed by atoms with Crippen LogP contribution >= 0.6 is 0 Å². The lowest BCUT2D eigenvalue weighted by molar-refractivity contribution is 0.0224. The summed E-state index contributed by atoms with van der Waals surface area (Å²) in [7, 11) is 0. The van der Waals surface area contributed by atoms with Gasteiger partial charge in [-0.25, -0.2) is 0 Å². The van der Waals surface area contributed by atoms with Crippen LogP contribution in [-0.2, 0) is 12.0 Å². The summed E-state index contributed by atoms with van der Waals surface area (Å²) < 4.78 is 0. The first kappa shape index (κ1) is 11.5. The molecule has 0 unspecified atom stereocenters. The van der Waals surface area contributed by atoms with E-state index in [1.807, 2.05) is 0 Å². The van der Waals surface area contributed by atoms with Crippen LogP contribution in [0, 0.1) is 5.92 Å². The van der Waals surface area contributed by atoms with Crippen molar-refractivity contribution in [2.45, 2.75) is 38.6 Å². The summed E-state index contributed by atoms with van der Waals surface area (Å²) in [5.41, 5.74) is 4.61. The van der Waals surface area contributed by atoms with Crippen molar-refractivity contribution in [1.29, 1.82) is 0 Å². The second kappa shape index (κ2) is 3.86. The molecule has 0 aliphatic carbocycles. The zero-order valence-corrected chi connectivity index (χ0v) is 11.9. The van der Waals surface area contributed by atoms with Crippen LogP contribution < -0.4 is 0 Å². The average Bonchev–Trinajstić information content (AvgIpc) is 2.80. The number of aromatic nitrogens is 1. The van der Waals surface area contributed by atoms with Crippen LogP contribution in [-0.4, -0.2) is 23.0 Å². The molecule has 0 radical (unpaired) electrons. The molecule has 0 bridgehead atoms. The maximum absolute atomic E-state index is 3.73. The molecular weight excluding hydrogens is 232 g/mol. The van der Waals surface area contributed by atoms with Gasteiger partial charge in [0.15, 0.2) is 0 Å². The van der Waals surface area contributed by atoms with Gasteiger partial charge in [-0.2, -0.15) is 0 Å². The largest absolute Gasteiger partial charge is 0.357 e. The second-order valence-electron chi connectivity index (χ2n) is 6.64. The fourth-order valence-corrected chi connectivity index (χ4v) is 4.14. The fourth-order valence-electron chi connectivity index (χ4n) is 4.14. The number of H-pyrrole nitrogens is 1. The van der Waals surface area contributed by atoms with Crippen LogP contribution in [0.15, 0.2) is 24.3 Å². The molecule has 1 fully saturated rings. The predicted molar refractivity (Wildman–Crippen MR) is 79.3 cm³/mol. The van der Waals surface area contributed by atoms with Gasteiger partial charge in [-0.05, 0) is 43.7 Å². The van der Waals surface area contributed by atoms with Gasteiger partial charge in [-0.15, -0.1) is 0 Å². The number of nitrogens with zero attached hydrogens (tertiary/aromatic N) is 1. The maximum Gasteiger partial charge on any atom is 0.0586 e. The molecular formula is C17H22N2. The van der Waals surface area contributed by atoms with Crippen LogP contribution in [0.25, 0.3) is 10.9 Å². The lowest BCUT2D eigenvalue weighted by Gasteiger charge is -2.49. The molecule has 0 saturated carbocycles. The van der Waals surface area contributed by atoms with E-state index < -0.39 is 0 Å². The van der Waals surface area contributed by atoms with Crippen molar-refractivity contribution in [1.82, 2.24) is 9.88 Å². The zero-order valence-electron chi connectivity index (χ0n) is 11.9. The molecule has 1 saturated heterocycles. The molecule has 0 spiro atoms. The van der Waals surface area contributed by atoms with Crippen molar-refractivity contribution in [3.8, 4) is 0 Å². The number of piperidine rings is 1. The monoisotopic (exact) mass is 254 g/mol. The summed E-state index contributed by atoms with van der Waals surface area (Å²) in [6.07, 6.45) is 3.83. The van der Waals surface area contributed by atoms with Crippen molar-refractivity contribution < 1.29 is 0 Å². The summed E-state index contributed by atoms with van der Waals surface area (Å²) in [6, 6.07) is 8.78. The molecule has 4 rings (SSSR count). The lowest BCUT2D eigenvalue weighted by atomic mass is 9.77. The Labute approximate surface area is 114 Å². The van der Waals surface area contributed by atoms with Crippen LogP contribution in [0.5, 0.6) is 0 Å². The van der Waals surface area contributed by atoms with Gasteiger partial charge in [0.1, 0.15) is 0 Å². The molecule has 2 nitrogen and oxygen atoms in total. The van der Waals surface area contributed by atoms with Gasteiger partial charge in [0.05, 0.1) is 5.54 Å². The highest BCUT2D eigenvalue weighted by molar-refractivity contribution is 5.85. The highest BCUT2D eigenvalue weighted by Crippen LogP contribution is 2.44. The Kier molecular flexibility index (Phi) is 2.34. The normalized spacial score (nSPS) is 31.2. The van der Waals surface area contributed by atoms with Gasteiger partial charge in [0, 0.05) is 29.7 Å². The third-order valence-electron chi connectivity index (χ3n) is 5.34. The van der Waals surface area contributed by atoms with Gasteiger partial charge in [0.25, 0.3) is 0 Å². The first-order valence-electron chi connectivity index (χ1n) is 7.53. The van der Waals surface area contributed by atoms with E-state index in [9.17, 15) is 0 Å². The first-order chi connectivity index (χ1) is 9.18. The van der Waals surface area contributed by atoms with Gasteiger partial charge in [-0.1, -0.05) is 25.1 Å². The molecule has 2 aliphatic heterocycles. The predicted octanol–water partition coefficient (Wildman–Crippen LogP) is 3.67. The van der Waals surface area contributed by atoms with E-state index in [0.29, 0.717) is 0 Å². The summed E-state index contributed by atoms with van der Waals surface area (Å²) in [6.45, 7) is 7.30. The number of aromatic amines is 1. The van der Waals surface area contributed by atoms with Crippen molar-refractivity contribution >= 4 is 10.9 Å². The number of benzene rings is 1. The summed E-state index contributed by atoms with van der Waals surface area (Å²) in [5.74, 6) is 0.846. The molecule has 100 valence electrons. The van der Waals surface area contributed by atoms with E-state index in [-0.39, 0.29) is 5.54 Å². The number of fused-ring (bicyclic) bond motifs is 5. The van der Waals surface area contributed by atoms with E-state index in [4.69, 9.17) is 0 Å². The fraction of sp³-hybridized carbons (Fsp3) is 0.529. The highest BCUT2D eigenvalue weighted by Gasteiger charge is 2.43. The summed E-state index contributed by atoms with van der Waals surface area (Å²) in [5, 5.41) is 1.44. The van der Waals surface area contributed by atoms with Crippen LogP contribution in [0.4, 0.5) is 0 Å². The number of nitrogens with one attached hydrogen (secondary N) is 1. The van der Waals surface area contributed by atoms with E-state index in [0.717, 1.165) is 5.92 Å². The Morgan fingerprint density at radius 1 is 1.32 bits per heavy atom. The van der Waals surface area contributed by atoms with Crippen LogP contribution in [0.1, 0.15) is 37.9 Å². The molecule has 0 amide bonds. The molecule has 1 aromatic carbocycles. The lowest BCUT2D eigenvalue weighted by Crippen LogP contribution is -2.53. The minimum atomic E-state index is 0.235. The smallest absolute Gasteiger partial charge is 0.0586 e. The number of para-hydroxylation sites is 1. The van der Waals surface area contributed by atoms with E-state index in [1.54, 1.807) is 5.56 Å². The third-order valence-corrected chi connectivity index (χ3v) is 5.34. The van der Waals surface area contributed by atoms with Crippen molar-refractivity contribution in [3.63, 3.8) is 0 Å². The third kappa shape index (κ3) is 1.53. The van der Waals surface area contributed by atoms with Crippen molar-refractivity contribution in [2.75, 3.05) is 13.1 Å². The highest BCUT2D eigenvalue weighted by atomic mass is 15.2. The van der Waals surface area contributed by atoms with E-state index in [1.165, 1.54) is 48.9 Å². The van der Waals surface area contributed by atoms with E-state index in [2.05, 4.69) is 48.0 Å². The number of rotatable bonds is 0. The Bertz CT molecular complexity index is 627. The minimum absolute atomic E-state index is 0.235. The molecule has 2 atom stereocenters. The summed E-state index contributed by atoms with van der Waals surface area (Å²) >= 11 is 0. The molecule has 2 heteroatoms. The van der Waals surface area contributed by atoms with Crippen LogP contribution in [0.2, 0.25) is 0 Å². The Hall–Kier alpha value is -1.28. The molecule has 1 N–H and O–H groups in total. The van der Waals surface area contributed by atoms with Crippen molar-refractivity contribution in [2.24, 2.45) is 5.92 Å². The molecule has 19 heavy (non-hydrogen) atoms. The second-order valence-corrected chi connectivity index (χ2v) is 6.64. The summed E-state index contributed by atoms with van der Waals surface area (Å²) in [4.78, 5) is 6.44. The standard InChI is InChI=1S/C17H22N2/c1-12-7-9-17(2)16-14(8-10-19(17)11-12)13-5-3-4-6-15(13)18-16/h3-6,12,18H,7-11H2,1-2H3/t12-,17+/m0/s1. The van der Waals surface area contributed by atoms with Crippen molar-refractivity contribution in [3.05, 3.63) is 35.5 Å². The average molecular weight is 254 g/mol. The minimum Gasteiger partial charge on any atom is -0.357 e. The van der Waals surface area contributed by atoms with Gasteiger partial charge in [-0.3, -0.25) is 4.90 Å². The topological polar surface area (TPSA) is 19.0 Å².